The molecular formula is C20H24N2O. The Balaban J connectivity index is 1.86. The van der Waals surface area contributed by atoms with Crippen LogP contribution in [-0.2, 0) is 23.2 Å². The summed E-state index contributed by atoms with van der Waals surface area (Å²) in [6.45, 7) is 4.44. The van der Waals surface area contributed by atoms with Crippen LogP contribution in [0.4, 0.5) is 0 Å². The summed E-state index contributed by atoms with van der Waals surface area (Å²) in [6.07, 6.45) is 1.70. The monoisotopic (exact) mass is 308 g/mol. The van der Waals surface area contributed by atoms with E-state index in [1.165, 1.54) is 16.7 Å². The molecule has 0 saturated heterocycles. The van der Waals surface area contributed by atoms with Gasteiger partial charge in [-0.2, -0.15) is 0 Å². The Hall–Kier alpha value is -2.13. The molecule has 0 atom stereocenters. The van der Waals surface area contributed by atoms with Crippen LogP contribution in [0.3, 0.4) is 0 Å². The first-order valence-corrected chi connectivity index (χ1v) is 8.26. The van der Waals surface area contributed by atoms with Crippen molar-refractivity contribution in [2.24, 2.45) is 0 Å². The molecule has 0 heterocycles. The van der Waals surface area contributed by atoms with Crippen LogP contribution in [0.2, 0.25) is 0 Å². The van der Waals surface area contributed by atoms with Crippen molar-refractivity contribution in [1.29, 1.82) is 0 Å². The lowest BCUT2D eigenvalue weighted by molar-refractivity contribution is -0.122. The van der Waals surface area contributed by atoms with Crippen molar-refractivity contribution in [2.45, 2.75) is 38.3 Å². The highest BCUT2D eigenvalue weighted by Gasteiger charge is 2.39. The van der Waals surface area contributed by atoms with Gasteiger partial charge in [-0.3, -0.25) is 4.79 Å². The molecule has 0 spiro atoms. The van der Waals surface area contributed by atoms with Gasteiger partial charge < -0.3 is 10.6 Å². The van der Waals surface area contributed by atoms with Gasteiger partial charge in [0.25, 0.3) is 0 Å². The van der Waals surface area contributed by atoms with E-state index in [2.05, 4.69) is 47.0 Å². The summed E-state index contributed by atoms with van der Waals surface area (Å²) in [5.41, 5.74) is 3.50. The lowest BCUT2D eigenvalue weighted by atomic mass is 9.86. The third-order valence-electron chi connectivity index (χ3n) is 4.48. The highest BCUT2D eigenvalue weighted by Crippen LogP contribution is 2.37. The van der Waals surface area contributed by atoms with E-state index >= 15 is 0 Å². The van der Waals surface area contributed by atoms with Gasteiger partial charge in [0, 0.05) is 18.9 Å². The number of rotatable bonds is 5. The van der Waals surface area contributed by atoms with E-state index in [0.717, 1.165) is 12.8 Å². The largest absolute Gasteiger partial charge is 0.345 e. The van der Waals surface area contributed by atoms with Crippen LogP contribution in [-0.4, -0.2) is 18.5 Å². The van der Waals surface area contributed by atoms with E-state index < -0.39 is 0 Å². The first kappa shape index (κ1) is 15.8. The lowest BCUT2D eigenvalue weighted by Gasteiger charge is -2.31. The molecule has 2 N–H and O–H groups in total. The van der Waals surface area contributed by atoms with E-state index in [4.69, 9.17) is 0 Å². The molecular weight excluding hydrogens is 284 g/mol. The van der Waals surface area contributed by atoms with Crippen molar-refractivity contribution in [3.8, 4) is 0 Å². The van der Waals surface area contributed by atoms with E-state index in [0.29, 0.717) is 12.6 Å². The Kier molecular flexibility index (Phi) is 4.49. The average Bonchev–Trinajstić information content (AvgIpc) is 2.93. The fourth-order valence-electron chi connectivity index (χ4n) is 3.34. The molecule has 1 aliphatic rings. The van der Waals surface area contributed by atoms with Crippen LogP contribution in [0.15, 0.2) is 54.6 Å². The summed E-state index contributed by atoms with van der Waals surface area (Å²) in [5, 5.41) is 6.51. The molecule has 0 radical (unpaired) electrons. The Morgan fingerprint density at radius 1 is 1.00 bits per heavy atom. The van der Waals surface area contributed by atoms with Crippen molar-refractivity contribution < 1.29 is 4.79 Å². The average molecular weight is 308 g/mol. The maximum Gasteiger partial charge on any atom is 0.234 e. The Morgan fingerprint density at radius 3 is 2.13 bits per heavy atom. The molecule has 3 heteroatoms. The summed E-state index contributed by atoms with van der Waals surface area (Å²) in [4.78, 5) is 12.5. The summed E-state index contributed by atoms with van der Waals surface area (Å²) in [6, 6.07) is 19.1. The van der Waals surface area contributed by atoms with Crippen LogP contribution in [0.5, 0.6) is 0 Å². The molecule has 1 amide bonds. The lowest BCUT2D eigenvalue weighted by Crippen LogP contribution is -2.50. The quantitative estimate of drug-likeness (QED) is 0.892. The number of hydrogen-bond acceptors (Lipinski definition) is 2. The maximum absolute atomic E-state index is 12.5. The third kappa shape index (κ3) is 3.45. The first-order valence-electron chi connectivity index (χ1n) is 8.26. The Morgan fingerprint density at radius 2 is 1.57 bits per heavy atom. The van der Waals surface area contributed by atoms with Gasteiger partial charge >= 0.3 is 0 Å². The van der Waals surface area contributed by atoms with Crippen LogP contribution in [0.25, 0.3) is 0 Å². The summed E-state index contributed by atoms with van der Waals surface area (Å²) in [7, 11) is 0. The zero-order chi connectivity index (χ0) is 16.3. The number of hydrogen-bond donors (Lipinski definition) is 2. The van der Waals surface area contributed by atoms with Crippen LogP contribution in [0.1, 0.15) is 30.5 Å². The van der Waals surface area contributed by atoms with E-state index in [-0.39, 0.29) is 11.4 Å². The second-order valence-electron chi connectivity index (χ2n) is 6.65. The van der Waals surface area contributed by atoms with E-state index in [1.807, 2.05) is 32.0 Å². The minimum absolute atomic E-state index is 0.0513. The summed E-state index contributed by atoms with van der Waals surface area (Å²) in [5.74, 6) is 0.0513. The van der Waals surface area contributed by atoms with Crippen molar-refractivity contribution in [1.82, 2.24) is 10.6 Å². The number of carbonyl (C=O) groups is 1. The zero-order valence-corrected chi connectivity index (χ0v) is 13.8. The predicted molar refractivity (Wildman–Crippen MR) is 93.3 cm³/mol. The zero-order valence-electron chi connectivity index (χ0n) is 13.8. The Bertz CT molecular complexity index is 654. The maximum atomic E-state index is 12.5. The minimum atomic E-state index is -0.333. The highest BCUT2D eigenvalue weighted by molar-refractivity contribution is 5.79. The van der Waals surface area contributed by atoms with Gasteiger partial charge in [-0.25, -0.2) is 0 Å². The molecule has 1 aliphatic carbocycles. The van der Waals surface area contributed by atoms with Crippen LogP contribution < -0.4 is 10.6 Å². The van der Waals surface area contributed by atoms with Gasteiger partial charge in [0.2, 0.25) is 5.91 Å². The fraction of sp³-hybridized carbons (Fsp3) is 0.350. The van der Waals surface area contributed by atoms with Gasteiger partial charge in [-0.1, -0.05) is 68.4 Å². The summed E-state index contributed by atoms with van der Waals surface area (Å²) >= 11 is 0. The first-order chi connectivity index (χ1) is 11.1. The molecule has 0 aromatic heterocycles. The third-order valence-corrected chi connectivity index (χ3v) is 4.48. The van der Waals surface area contributed by atoms with Crippen molar-refractivity contribution >= 4 is 5.91 Å². The highest BCUT2D eigenvalue weighted by atomic mass is 16.2. The second-order valence-corrected chi connectivity index (χ2v) is 6.65. The number of nitrogens with one attached hydrogen (secondary N) is 2. The van der Waals surface area contributed by atoms with Crippen LogP contribution in [0, 0.1) is 0 Å². The summed E-state index contributed by atoms with van der Waals surface area (Å²) < 4.78 is 0. The molecule has 3 rings (SSSR count). The van der Waals surface area contributed by atoms with Crippen molar-refractivity contribution in [3.05, 3.63) is 71.3 Å². The topological polar surface area (TPSA) is 41.1 Å². The molecule has 0 aliphatic heterocycles. The van der Waals surface area contributed by atoms with Gasteiger partial charge in [0.15, 0.2) is 0 Å². The van der Waals surface area contributed by atoms with Gasteiger partial charge in [0.1, 0.15) is 0 Å². The number of carbonyl (C=O) groups excluding carboxylic acids is 1. The number of amides is 1. The van der Waals surface area contributed by atoms with Gasteiger partial charge in [-0.15, -0.1) is 0 Å². The van der Waals surface area contributed by atoms with Gasteiger partial charge in [0.05, 0.1) is 12.1 Å². The normalized spacial score (nSPS) is 15.4. The number of fused-ring (bicyclic) bond motifs is 1. The second kappa shape index (κ2) is 6.55. The predicted octanol–water partition coefficient (Wildman–Crippen LogP) is 2.79. The van der Waals surface area contributed by atoms with Crippen LogP contribution >= 0.6 is 0 Å². The molecule has 3 nitrogen and oxygen atoms in total. The van der Waals surface area contributed by atoms with Crippen molar-refractivity contribution in [2.75, 3.05) is 6.54 Å². The van der Waals surface area contributed by atoms with E-state index in [9.17, 15) is 4.79 Å². The minimum Gasteiger partial charge on any atom is -0.345 e. The van der Waals surface area contributed by atoms with Crippen molar-refractivity contribution in [3.63, 3.8) is 0 Å². The smallest absolute Gasteiger partial charge is 0.234 e. The molecule has 2 aromatic rings. The molecule has 0 fully saturated rings. The SMILES string of the molecule is CC(C)NCC(=O)NC1(c2ccccc2)Cc2ccccc2C1. The standard InChI is InChI=1S/C20H24N2O/c1-15(2)21-14-19(23)22-20(18-10-4-3-5-11-18)12-16-8-6-7-9-17(16)13-20/h3-11,15,21H,12-14H2,1-2H3,(H,22,23). The molecule has 120 valence electrons. The molecule has 2 aromatic carbocycles. The molecule has 0 saturated carbocycles. The molecule has 0 unspecified atom stereocenters. The molecule has 0 bridgehead atoms. The number of benzene rings is 2. The fourth-order valence-corrected chi connectivity index (χ4v) is 3.34. The molecule has 23 heavy (non-hydrogen) atoms. The van der Waals surface area contributed by atoms with Gasteiger partial charge in [-0.05, 0) is 16.7 Å². The Labute approximate surface area is 138 Å². The van der Waals surface area contributed by atoms with E-state index in [1.54, 1.807) is 0 Å².